The predicted octanol–water partition coefficient (Wildman–Crippen LogP) is 1.22. The lowest BCUT2D eigenvalue weighted by Crippen LogP contribution is -2.03. The Kier molecular flexibility index (Phi) is 3.71. The molecule has 20 heavy (non-hydrogen) atoms. The minimum atomic E-state index is -3.20. The maximum atomic E-state index is 11.5. The number of para-hydroxylation sites is 1. The Hall–Kier alpha value is -2.02. The van der Waals surface area contributed by atoms with Crippen molar-refractivity contribution in [1.29, 1.82) is 0 Å². The van der Waals surface area contributed by atoms with Crippen LogP contribution in [0.1, 0.15) is 5.69 Å². The lowest BCUT2D eigenvalue weighted by Gasteiger charge is -2.09. The van der Waals surface area contributed by atoms with Crippen LogP contribution < -0.4 is 10.5 Å². The highest BCUT2D eigenvalue weighted by atomic mass is 32.2. The van der Waals surface area contributed by atoms with E-state index in [1.54, 1.807) is 20.2 Å². The summed E-state index contributed by atoms with van der Waals surface area (Å²) in [6.07, 6.45) is 1.17. The van der Waals surface area contributed by atoms with E-state index in [4.69, 9.17) is 10.5 Å². The average molecular weight is 295 g/mol. The third-order valence-corrected chi connectivity index (χ3v) is 3.74. The SMILES string of the molecule is COc1ccccc1-c1c(CS(C)(=O)=O)nn(C)c1N. The molecule has 2 rings (SSSR count). The number of methoxy groups -OCH3 is 1. The van der Waals surface area contributed by atoms with Crippen LogP contribution in [0.2, 0.25) is 0 Å². The van der Waals surface area contributed by atoms with Crippen molar-refractivity contribution in [3.05, 3.63) is 30.0 Å². The summed E-state index contributed by atoms with van der Waals surface area (Å²) in [5.41, 5.74) is 7.80. The number of benzene rings is 1. The minimum absolute atomic E-state index is 0.161. The molecule has 0 fully saturated rings. The number of sulfone groups is 1. The lowest BCUT2D eigenvalue weighted by atomic mass is 10.0. The van der Waals surface area contributed by atoms with E-state index in [0.717, 1.165) is 5.56 Å². The molecule has 0 spiro atoms. The lowest BCUT2D eigenvalue weighted by molar-refractivity contribution is 0.416. The molecule has 0 bridgehead atoms. The highest BCUT2D eigenvalue weighted by Gasteiger charge is 2.21. The van der Waals surface area contributed by atoms with Gasteiger partial charge >= 0.3 is 0 Å². The van der Waals surface area contributed by atoms with Crippen LogP contribution in [0, 0.1) is 0 Å². The standard InChI is InChI=1S/C13H17N3O3S/c1-16-13(14)12(10(15-16)8-20(3,17)18)9-6-4-5-7-11(9)19-2/h4-7H,8,14H2,1-3H3. The molecular weight excluding hydrogens is 278 g/mol. The van der Waals surface area contributed by atoms with E-state index < -0.39 is 9.84 Å². The molecule has 1 heterocycles. The second-order valence-corrected chi connectivity index (χ2v) is 6.74. The van der Waals surface area contributed by atoms with Gasteiger partial charge in [-0.15, -0.1) is 0 Å². The molecule has 2 aromatic rings. The first kappa shape index (κ1) is 14.4. The highest BCUT2D eigenvalue weighted by molar-refractivity contribution is 7.89. The predicted molar refractivity (Wildman–Crippen MR) is 78.2 cm³/mol. The normalized spacial score (nSPS) is 11.6. The van der Waals surface area contributed by atoms with E-state index in [2.05, 4.69) is 5.10 Å². The zero-order chi connectivity index (χ0) is 14.9. The molecule has 1 aromatic heterocycles. The molecule has 1 aromatic carbocycles. The number of hydrogen-bond donors (Lipinski definition) is 1. The van der Waals surface area contributed by atoms with Crippen molar-refractivity contribution in [2.45, 2.75) is 5.75 Å². The van der Waals surface area contributed by atoms with Crippen LogP contribution >= 0.6 is 0 Å². The topological polar surface area (TPSA) is 87.2 Å². The first-order chi connectivity index (χ1) is 9.33. The molecule has 0 aliphatic heterocycles. The van der Waals surface area contributed by atoms with Crippen LogP contribution in [0.15, 0.2) is 24.3 Å². The Morgan fingerprint density at radius 2 is 2.00 bits per heavy atom. The number of nitrogens with two attached hydrogens (primary N) is 1. The van der Waals surface area contributed by atoms with Crippen LogP contribution in [0.25, 0.3) is 11.1 Å². The molecule has 0 atom stereocenters. The van der Waals surface area contributed by atoms with Crippen molar-refractivity contribution in [1.82, 2.24) is 9.78 Å². The quantitative estimate of drug-likeness (QED) is 0.916. The Morgan fingerprint density at radius 1 is 1.35 bits per heavy atom. The smallest absolute Gasteiger partial charge is 0.153 e. The van der Waals surface area contributed by atoms with Gasteiger partial charge in [0, 0.05) is 18.9 Å². The van der Waals surface area contributed by atoms with E-state index >= 15 is 0 Å². The van der Waals surface area contributed by atoms with Crippen LogP contribution in [-0.4, -0.2) is 31.6 Å². The Labute approximate surface area is 118 Å². The number of hydrogen-bond acceptors (Lipinski definition) is 5. The summed E-state index contributed by atoms with van der Waals surface area (Å²) >= 11 is 0. The Balaban J connectivity index is 2.67. The minimum Gasteiger partial charge on any atom is -0.496 e. The summed E-state index contributed by atoms with van der Waals surface area (Å²) < 4.78 is 29.9. The average Bonchev–Trinajstić information content (AvgIpc) is 2.62. The molecule has 6 nitrogen and oxygen atoms in total. The van der Waals surface area contributed by atoms with Gasteiger partial charge in [0.15, 0.2) is 9.84 Å². The van der Waals surface area contributed by atoms with E-state index in [1.165, 1.54) is 10.9 Å². The molecule has 0 unspecified atom stereocenters. The number of aromatic nitrogens is 2. The second kappa shape index (κ2) is 5.16. The van der Waals surface area contributed by atoms with Crippen molar-refractivity contribution in [2.75, 3.05) is 19.1 Å². The van der Waals surface area contributed by atoms with Gasteiger partial charge in [0.1, 0.15) is 11.6 Å². The molecule has 2 N–H and O–H groups in total. The fourth-order valence-electron chi connectivity index (χ4n) is 2.09. The molecule has 0 amide bonds. The summed E-state index contributed by atoms with van der Waals surface area (Å²) in [4.78, 5) is 0. The number of nitrogen functional groups attached to an aromatic ring is 1. The fourth-order valence-corrected chi connectivity index (χ4v) is 2.79. The van der Waals surface area contributed by atoms with Crippen molar-refractivity contribution in [3.63, 3.8) is 0 Å². The number of aryl methyl sites for hydroxylation is 1. The Bertz CT molecular complexity index is 735. The zero-order valence-electron chi connectivity index (χ0n) is 11.6. The van der Waals surface area contributed by atoms with Gasteiger partial charge in [0.2, 0.25) is 0 Å². The summed E-state index contributed by atoms with van der Waals surface area (Å²) in [5.74, 6) is 0.876. The van der Waals surface area contributed by atoms with Crippen molar-refractivity contribution < 1.29 is 13.2 Å². The first-order valence-corrected chi connectivity index (χ1v) is 8.02. The van der Waals surface area contributed by atoms with Crippen LogP contribution in [-0.2, 0) is 22.6 Å². The largest absolute Gasteiger partial charge is 0.496 e. The van der Waals surface area contributed by atoms with E-state index in [1.807, 2.05) is 18.2 Å². The fraction of sp³-hybridized carbons (Fsp3) is 0.308. The van der Waals surface area contributed by atoms with Gasteiger partial charge in [-0.3, -0.25) is 4.68 Å². The molecule has 0 saturated carbocycles. The number of nitrogens with zero attached hydrogens (tertiary/aromatic N) is 2. The van der Waals surface area contributed by atoms with Gasteiger partial charge in [0.25, 0.3) is 0 Å². The monoisotopic (exact) mass is 295 g/mol. The highest BCUT2D eigenvalue weighted by Crippen LogP contribution is 2.36. The van der Waals surface area contributed by atoms with E-state index in [-0.39, 0.29) is 5.75 Å². The van der Waals surface area contributed by atoms with E-state index in [0.29, 0.717) is 22.8 Å². The third kappa shape index (κ3) is 2.77. The van der Waals surface area contributed by atoms with Crippen molar-refractivity contribution >= 4 is 15.7 Å². The number of ether oxygens (including phenoxy) is 1. The molecule has 0 aliphatic carbocycles. The summed E-state index contributed by atoms with van der Waals surface area (Å²) in [6, 6.07) is 7.31. The maximum Gasteiger partial charge on any atom is 0.153 e. The van der Waals surface area contributed by atoms with E-state index in [9.17, 15) is 8.42 Å². The van der Waals surface area contributed by atoms with Gasteiger partial charge in [0.05, 0.1) is 24.1 Å². The second-order valence-electron chi connectivity index (χ2n) is 4.60. The van der Waals surface area contributed by atoms with Gasteiger partial charge in [-0.2, -0.15) is 5.10 Å². The van der Waals surface area contributed by atoms with Crippen molar-refractivity contribution in [2.24, 2.45) is 7.05 Å². The van der Waals surface area contributed by atoms with Crippen LogP contribution in [0.5, 0.6) is 5.75 Å². The maximum absolute atomic E-state index is 11.5. The number of anilines is 1. The number of rotatable bonds is 4. The van der Waals surface area contributed by atoms with Crippen LogP contribution in [0.3, 0.4) is 0 Å². The van der Waals surface area contributed by atoms with Crippen LogP contribution in [0.4, 0.5) is 5.82 Å². The molecular formula is C13H17N3O3S. The molecule has 0 radical (unpaired) electrons. The Morgan fingerprint density at radius 3 is 2.60 bits per heavy atom. The summed E-state index contributed by atoms with van der Waals surface area (Å²) in [6.45, 7) is 0. The molecule has 0 aliphatic rings. The first-order valence-electron chi connectivity index (χ1n) is 5.96. The van der Waals surface area contributed by atoms with Crippen molar-refractivity contribution in [3.8, 4) is 16.9 Å². The van der Waals surface area contributed by atoms with Gasteiger partial charge < -0.3 is 10.5 Å². The molecule has 108 valence electrons. The zero-order valence-corrected chi connectivity index (χ0v) is 12.4. The van der Waals surface area contributed by atoms with Gasteiger partial charge in [-0.1, -0.05) is 18.2 Å². The van der Waals surface area contributed by atoms with Gasteiger partial charge in [-0.25, -0.2) is 8.42 Å². The molecule has 0 saturated heterocycles. The summed E-state index contributed by atoms with van der Waals surface area (Å²) in [7, 11) is 0.0349. The molecule has 7 heteroatoms. The van der Waals surface area contributed by atoms with Gasteiger partial charge in [-0.05, 0) is 6.07 Å². The summed E-state index contributed by atoms with van der Waals surface area (Å²) in [5, 5.41) is 4.20. The third-order valence-electron chi connectivity index (χ3n) is 2.94.